The molecular weight excluding hydrogens is 434 g/mol. The lowest BCUT2D eigenvalue weighted by atomic mass is 10.2. The van der Waals surface area contributed by atoms with E-state index in [1.165, 1.54) is 4.88 Å². The lowest BCUT2D eigenvalue weighted by Gasteiger charge is -2.03. The third-order valence-corrected chi connectivity index (χ3v) is 6.31. The van der Waals surface area contributed by atoms with Crippen molar-refractivity contribution in [3.05, 3.63) is 57.0 Å². The lowest BCUT2D eigenvalue weighted by Crippen LogP contribution is -2.25. The van der Waals surface area contributed by atoms with Crippen LogP contribution in [-0.4, -0.2) is 28.4 Å². The molecule has 8 heteroatoms. The van der Waals surface area contributed by atoms with Crippen molar-refractivity contribution in [2.45, 2.75) is 18.6 Å². The van der Waals surface area contributed by atoms with Crippen molar-refractivity contribution in [2.75, 3.05) is 12.3 Å². The molecule has 0 saturated heterocycles. The molecule has 1 N–H and O–H groups in total. The van der Waals surface area contributed by atoms with E-state index in [1.807, 2.05) is 42.1 Å². The fourth-order valence-electron chi connectivity index (χ4n) is 2.23. The standard InChI is InChI=1S/C18H18BrN3O2S2/c19-15-7-6-14(26-15)12-25-11-10-20-16(23)8-9-17-21-22-18(24-17)13-4-2-1-3-5-13/h1-7H,8-12H2,(H,20,23). The maximum absolute atomic E-state index is 11.9. The number of carbonyl (C=O) groups is 1. The van der Waals surface area contributed by atoms with Gasteiger partial charge in [0, 0.05) is 41.3 Å². The fraction of sp³-hybridized carbons (Fsp3) is 0.278. The minimum absolute atomic E-state index is 0.00364. The highest BCUT2D eigenvalue weighted by Crippen LogP contribution is 2.25. The first kappa shape index (κ1) is 19.1. The van der Waals surface area contributed by atoms with Gasteiger partial charge < -0.3 is 9.73 Å². The van der Waals surface area contributed by atoms with Crippen LogP contribution in [0.1, 0.15) is 17.2 Å². The van der Waals surface area contributed by atoms with Gasteiger partial charge in [0.2, 0.25) is 17.7 Å². The molecule has 0 aliphatic heterocycles. The van der Waals surface area contributed by atoms with Gasteiger partial charge in [-0.2, -0.15) is 11.8 Å². The molecule has 0 unspecified atom stereocenters. The quantitative estimate of drug-likeness (QED) is 0.483. The summed E-state index contributed by atoms with van der Waals surface area (Å²) in [7, 11) is 0. The Kier molecular flexibility index (Phi) is 7.28. The Labute approximate surface area is 168 Å². The van der Waals surface area contributed by atoms with Crippen molar-refractivity contribution in [3.63, 3.8) is 0 Å². The van der Waals surface area contributed by atoms with Crippen LogP contribution in [-0.2, 0) is 17.0 Å². The van der Waals surface area contributed by atoms with Crippen LogP contribution in [0.25, 0.3) is 11.5 Å². The number of carbonyl (C=O) groups excluding carboxylic acids is 1. The first-order valence-corrected chi connectivity index (χ1v) is 10.9. The number of aryl methyl sites for hydroxylation is 1. The van der Waals surface area contributed by atoms with Gasteiger partial charge in [-0.25, -0.2) is 0 Å². The predicted octanol–water partition coefficient (Wildman–Crippen LogP) is 4.54. The van der Waals surface area contributed by atoms with Crippen molar-refractivity contribution in [1.82, 2.24) is 15.5 Å². The first-order valence-electron chi connectivity index (χ1n) is 8.17. The van der Waals surface area contributed by atoms with Crippen LogP contribution in [0.3, 0.4) is 0 Å². The van der Waals surface area contributed by atoms with Gasteiger partial charge in [-0.15, -0.1) is 21.5 Å². The maximum Gasteiger partial charge on any atom is 0.247 e. The highest BCUT2D eigenvalue weighted by Gasteiger charge is 2.10. The molecule has 1 amide bonds. The number of nitrogens with zero attached hydrogens (tertiary/aromatic N) is 2. The van der Waals surface area contributed by atoms with E-state index in [4.69, 9.17) is 4.42 Å². The van der Waals surface area contributed by atoms with E-state index in [-0.39, 0.29) is 5.91 Å². The Balaban J connectivity index is 1.32. The monoisotopic (exact) mass is 451 g/mol. The molecule has 0 bridgehead atoms. The summed E-state index contributed by atoms with van der Waals surface area (Å²) in [4.78, 5) is 13.2. The van der Waals surface area contributed by atoms with Gasteiger partial charge in [-0.1, -0.05) is 18.2 Å². The fourth-order valence-corrected chi connectivity index (χ4v) is 4.68. The molecule has 3 aromatic rings. The van der Waals surface area contributed by atoms with Crippen molar-refractivity contribution in [1.29, 1.82) is 0 Å². The lowest BCUT2D eigenvalue weighted by molar-refractivity contribution is -0.121. The summed E-state index contributed by atoms with van der Waals surface area (Å²) in [6, 6.07) is 13.8. The maximum atomic E-state index is 11.9. The molecule has 3 rings (SSSR count). The average molecular weight is 452 g/mol. The number of benzene rings is 1. The highest BCUT2D eigenvalue weighted by molar-refractivity contribution is 9.11. The number of nitrogens with one attached hydrogen (secondary N) is 1. The average Bonchev–Trinajstić information content (AvgIpc) is 3.29. The molecule has 2 heterocycles. The van der Waals surface area contributed by atoms with E-state index in [0.29, 0.717) is 31.2 Å². The second-order valence-electron chi connectivity index (χ2n) is 5.48. The van der Waals surface area contributed by atoms with Gasteiger partial charge in [0.05, 0.1) is 3.79 Å². The van der Waals surface area contributed by atoms with E-state index in [0.717, 1.165) is 20.9 Å². The SMILES string of the molecule is O=C(CCc1nnc(-c2ccccc2)o1)NCCSCc1ccc(Br)s1. The number of hydrogen-bond acceptors (Lipinski definition) is 6. The van der Waals surface area contributed by atoms with Crippen LogP contribution >= 0.6 is 39.0 Å². The molecule has 0 radical (unpaired) electrons. The van der Waals surface area contributed by atoms with Gasteiger partial charge in [0.15, 0.2) is 0 Å². The zero-order valence-corrected chi connectivity index (χ0v) is 17.2. The van der Waals surface area contributed by atoms with Crippen LogP contribution in [0.4, 0.5) is 0 Å². The van der Waals surface area contributed by atoms with E-state index >= 15 is 0 Å². The molecule has 0 aliphatic carbocycles. The Morgan fingerprint density at radius 1 is 1.19 bits per heavy atom. The Morgan fingerprint density at radius 2 is 2.04 bits per heavy atom. The third-order valence-electron chi connectivity index (χ3n) is 3.50. The second kappa shape index (κ2) is 9.89. The van der Waals surface area contributed by atoms with E-state index in [2.05, 4.69) is 43.6 Å². The van der Waals surface area contributed by atoms with Gasteiger partial charge in [-0.3, -0.25) is 4.79 Å². The van der Waals surface area contributed by atoms with Crippen molar-refractivity contribution in [3.8, 4) is 11.5 Å². The first-order chi connectivity index (χ1) is 12.7. The number of rotatable bonds is 9. The van der Waals surface area contributed by atoms with Crippen LogP contribution in [0.2, 0.25) is 0 Å². The number of hydrogen-bond donors (Lipinski definition) is 1. The number of thioether (sulfide) groups is 1. The van der Waals surface area contributed by atoms with E-state index < -0.39 is 0 Å². The summed E-state index contributed by atoms with van der Waals surface area (Å²) in [6.45, 7) is 0.662. The summed E-state index contributed by atoms with van der Waals surface area (Å²) in [5, 5.41) is 11.0. The molecule has 5 nitrogen and oxygen atoms in total. The van der Waals surface area contributed by atoms with Crippen molar-refractivity contribution >= 4 is 44.9 Å². The number of thiophene rings is 1. The molecule has 0 atom stereocenters. The predicted molar refractivity (Wildman–Crippen MR) is 109 cm³/mol. The summed E-state index contributed by atoms with van der Waals surface area (Å²) in [5.74, 6) is 2.83. The largest absolute Gasteiger partial charge is 0.421 e. The van der Waals surface area contributed by atoms with Crippen LogP contribution in [0, 0.1) is 0 Å². The van der Waals surface area contributed by atoms with Crippen LogP contribution < -0.4 is 5.32 Å². The molecule has 1 aromatic carbocycles. The van der Waals surface area contributed by atoms with Gasteiger partial charge in [0.1, 0.15) is 0 Å². The summed E-state index contributed by atoms with van der Waals surface area (Å²) in [6.07, 6.45) is 0.793. The Bertz CT molecular complexity index is 836. The van der Waals surface area contributed by atoms with Gasteiger partial charge >= 0.3 is 0 Å². The summed E-state index contributed by atoms with van der Waals surface area (Å²) < 4.78 is 6.76. The third kappa shape index (κ3) is 5.96. The summed E-state index contributed by atoms with van der Waals surface area (Å²) >= 11 is 7.01. The molecule has 0 spiro atoms. The highest BCUT2D eigenvalue weighted by atomic mass is 79.9. The van der Waals surface area contributed by atoms with E-state index in [1.54, 1.807) is 11.3 Å². The normalized spacial score (nSPS) is 10.8. The van der Waals surface area contributed by atoms with Crippen LogP contribution in [0.15, 0.2) is 50.7 Å². The molecule has 136 valence electrons. The van der Waals surface area contributed by atoms with Gasteiger partial charge in [-0.05, 0) is 40.2 Å². The minimum atomic E-state index is 0.00364. The van der Waals surface area contributed by atoms with E-state index in [9.17, 15) is 4.79 Å². The number of halogens is 1. The molecule has 0 aliphatic rings. The molecule has 0 saturated carbocycles. The molecular formula is C18H18BrN3O2S2. The summed E-state index contributed by atoms with van der Waals surface area (Å²) in [5.41, 5.74) is 0.880. The Hall–Kier alpha value is -1.64. The molecule has 0 fully saturated rings. The second-order valence-corrected chi connectivity index (χ2v) is 9.13. The van der Waals surface area contributed by atoms with Crippen LogP contribution in [0.5, 0.6) is 0 Å². The zero-order chi connectivity index (χ0) is 18.2. The van der Waals surface area contributed by atoms with Crippen molar-refractivity contribution < 1.29 is 9.21 Å². The number of aromatic nitrogens is 2. The minimum Gasteiger partial charge on any atom is -0.421 e. The smallest absolute Gasteiger partial charge is 0.247 e. The Morgan fingerprint density at radius 3 is 2.81 bits per heavy atom. The van der Waals surface area contributed by atoms with Gasteiger partial charge in [0.25, 0.3) is 0 Å². The molecule has 2 aromatic heterocycles. The zero-order valence-electron chi connectivity index (χ0n) is 14.0. The molecule has 26 heavy (non-hydrogen) atoms. The number of amides is 1. The van der Waals surface area contributed by atoms with Crippen molar-refractivity contribution in [2.24, 2.45) is 0 Å². The topological polar surface area (TPSA) is 68.0 Å².